The third kappa shape index (κ3) is 3.67. The third-order valence-electron chi connectivity index (χ3n) is 5.08. The molecule has 1 atom stereocenters. The van der Waals surface area contributed by atoms with E-state index in [4.69, 9.17) is 23.2 Å². The molecule has 1 aliphatic heterocycles. The van der Waals surface area contributed by atoms with E-state index in [9.17, 15) is 14.7 Å². The fourth-order valence-corrected chi connectivity index (χ4v) is 3.83. The van der Waals surface area contributed by atoms with Gasteiger partial charge in [0.15, 0.2) is 11.4 Å². The van der Waals surface area contributed by atoms with Crippen LogP contribution in [0.1, 0.15) is 27.9 Å². The Kier molecular flexibility index (Phi) is 5.17. The van der Waals surface area contributed by atoms with Gasteiger partial charge in [0.2, 0.25) is 0 Å². The van der Waals surface area contributed by atoms with Crippen LogP contribution in [0.5, 0.6) is 0 Å². The van der Waals surface area contributed by atoms with Gasteiger partial charge < -0.3 is 10.0 Å². The van der Waals surface area contributed by atoms with Crippen LogP contribution in [0.2, 0.25) is 10.0 Å². The molecule has 0 spiro atoms. The number of aliphatic hydroxyl groups is 1. The van der Waals surface area contributed by atoms with Gasteiger partial charge >= 0.3 is 0 Å². The van der Waals surface area contributed by atoms with Crippen molar-refractivity contribution >= 4 is 40.6 Å². The number of para-hydroxylation sites is 1. The summed E-state index contributed by atoms with van der Waals surface area (Å²) in [5, 5.41) is 12.4. The maximum Gasteiger partial charge on any atom is 0.264 e. The number of carbonyl (C=O) groups is 2. The van der Waals surface area contributed by atoms with Gasteiger partial charge in [-0.05, 0) is 48.0 Å². The van der Waals surface area contributed by atoms with E-state index >= 15 is 0 Å². The molecule has 29 heavy (non-hydrogen) atoms. The van der Waals surface area contributed by atoms with Crippen molar-refractivity contribution in [1.29, 1.82) is 0 Å². The zero-order valence-corrected chi connectivity index (χ0v) is 16.8. The number of rotatable bonds is 5. The molecule has 0 fully saturated rings. The molecular formula is C23H17Cl2NO3. The summed E-state index contributed by atoms with van der Waals surface area (Å²) in [6.07, 6.45) is -0.346. The Labute approximate surface area is 178 Å². The number of carbonyl (C=O) groups excluding carboxylic acids is 2. The van der Waals surface area contributed by atoms with Crippen LogP contribution < -0.4 is 4.90 Å². The van der Waals surface area contributed by atoms with Crippen molar-refractivity contribution in [3.8, 4) is 0 Å². The van der Waals surface area contributed by atoms with Gasteiger partial charge in [0.1, 0.15) is 0 Å². The number of benzene rings is 3. The molecule has 6 heteroatoms. The van der Waals surface area contributed by atoms with Crippen molar-refractivity contribution in [2.75, 3.05) is 4.90 Å². The van der Waals surface area contributed by atoms with E-state index in [0.29, 0.717) is 26.9 Å². The molecule has 0 aromatic heterocycles. The monoisotopic (exact) mass is 425 g/mol. The van der Waals surface area contributed by atoms with E-state index in [2.05, 4.69) is 0 Å². The summed E-state index contributed by atoms with van der Waals surface area (Å²) in [4.78, 5) is 27.5. The van der Waals surface area contributed by atoms with Crippen molar-refractivity contribution in [2.24, 2.45) is 0 Å². The van der Waals surface area contributed by atoms with E-state index in [1.165, 1.54) is 4.90 Å². The van der Waals surface area contributed by atoms with Gasteiger partial charge in [-0.1, -0.05) is 53.5 Å². The average molecular weight is 426 g/mol. The Bertz CT molecular complexity index is 1080. The van der Waals surface area contributed by atoms with Gasteiger partial charge in [0.05, 0.1) is 18.7 Å². The number of anilines is 1. The van der Waals surface area contributed by atoms with E-state index < -0.39 is 11.5 Å². The van der Waals surface area contributed by atoms with Crippen LogP contribution in [0.15, 0.2) is 72.8 Å². The second kappa shape index (κ2) is 7.64. The summed E-state index contributed by atoms with van der Waals surface area (Å²) in [5.41, 5.74) is 0.370. The number of hydrogen-bond acceptors (Lipinski definition) is 3. The summed E-state index contributed by atoms with van der Waals surface area (Å²) in [6.45, 7) is 0.268. The highest BCUT2D eigenvalue weighted by Gasteiger charge is 2.50. The summed E-state index contributed by atoms with van der Waals surface area (Å²) in [5.74, 6) is -0.850. The van der Waals surface area contributed by atoms with E-state index in [1.54, 1.807) is 60.7 Å². The minimum atomic E-state index is -1.92. The van der Waals surface area contributed by atoms with Gasteiger partial charge in [0, 0.05) is 21.2 Å². The minimum absolute atomic E-state index is 0.268. The van der Waals surface area contributed by atoms with Gasteiger partial charge in [-0.3, -0.25) is 9.59 Å². The number of fused-ring (bicyclic) bond motifs is 1. The summed E-state index contributed by atoms with van der Waals surface area (Å²) < 4.78 is 0. The van der Waals surface area contributed by atoms with E-state index in [-0.39, 0.29) is 18.7 Å². The van der Waals surface area contributed by atoms with Crippen molar-refractivity contribution in [2.45, 2.75) is 18.6 Å². The maximum atomic E-state index is 13.3. The number of Topliss-reactive ketones (excluding diaryl/α,β-unsaturated/α-hetero) is 1. The van der Waals surface area contributed by atoms with Crippen molar-refractivity contribution in [3.63, 3.8) is 0 Å². The normalized spacial score (nSPS) is 18.0. The maximum absolute atomic E-state index is 13.3. The van der Waals surface area contributed by atoms with Crippen LogP contribution in [0.25, 0.3) is 0 Å². The highest BCUT2D eigenvalue weighted by atomic mass is 35.5. The molecule has 146 valence electrons. The zero-order valence-electron chi connectivity index (χ0n) is 15.3. The van der Waals surface area contributed by atoms with Crippen LogP contribution in [0.3, 0.4) is 0 Å². The predicted octanol–water partition coefficient (Wildman–Crippen LogP) is 5.00. The fourth-order valence-electron chi connectivity index (χ4n) is 3.58. The van der Waals surface area contributed by atoms with Crippen LogP contribution in [-0.2, 0) is 16.9 Å². The summed E-state index contributed by atoms with van der Waals surface area (Å²) in [7, 11) is 0. The molecule has 4 rings (SSSR count). The van der Waals surface area contributed by atoms with Gasteiger partial charge in [0.25, 0.3) is 5.91 Å². The molecular weight excluding hydrogens is 409 g/mol. The number of halogens is 2. The Hall–Kier alpha value is -2.66. The lowest BCUT2D eigenvalue weighted by atomic mass is 9.88. The Balaban J connectivity index is 1.66. The fraction of sp³-hybridized carbons (Fsp3) is 0.130. The molecule has 3 aromatic carbocycles. The summed E-state index contributed by atoms with van der Waals surface area (Å²) in [6, 6.07) is 20.5. The predicted molar refractivity (Wildman–Crippen MR) is 113 cm³/mol. The highest BCUT2D eigenvalue weighted by molar-refractivity contribution is 6.31. The molecule has 0 bridgehead atoms. The quantitative estimate of drug-likeness (QED) is 0.585. The van der Waals surface area contributed by atoms with Crippen LogP contribution >= 0.6 is 23.2 Å². The first-order chi connectivity index (χ1) is 13.9. The third-order valence-corrected chi connectivity index (χ3v) is 5.58. The lowest BCUT2D eigenvalue weighted by molar-refractivity contribution is -0.136. The van der Waals surface area contributed by atoms with E-state index in [0.717, 1.165) is 5.56 Å². The highest BCUT2D eigenvalue weighted by Crippen LogP contribution is 2.43. The Morgan fingerprint density at radius 1 is 0.897 bits per heavy atom. The molecule has 0 aliphatic carbocycles. The Morgan fingerprint density at radius 3 is 2.14 bits per heavy atom. The first kappa shape index (κ1) is 19.6. The second-order valence-corrected chi connectivity index (χ2v) is 7.87. The molecule has 1 amide bonds. The first-order valence-corrected chi connectivity index (χ1v) is 9.81. The largest absolute Gasteiger partial charge is 0.375 e. The van der Waals surface area contributed by atoms with Gasteiger partial charge in [-0.15, -0.1) is 0 Å². The SMILES string of the molecule is O=C(C[C@]1(O)C(=O)N(Cc2ccc(Cl)cc2)c2ccccc21)c1ccc(Cl)cc1. The average Bonchev–Trinajstić information content (AvgIpc) is 2.92. The molecule has 0 saturated heterocycles. The van der Waals surface area contributed by atoms with Crippen molar-refractivity contribution in [1.82, 2.24) is 0 Å². The van der Waals surface area contributed by atoms with Crippen LogP contribution in [-0.4, -0.2) is 16.8 Å². The molecule has 0 radical (unpaired) electrons. The molecule has 1 heterocycles. The topological polar surface area (TPSA) is 57.6 Å². The summed E-state index contributed by atoms with van der Waals surface area (Å²) >= 11 is 11.8. The number of ketones is 1. The molecule has 0 unspecified atom stereocenters. The van der Waals surface area contributed by atoms with Crippen LogP contribution in [0, 0.1) is 0 Å². The van der Waals surface area contributed by atoms with Crippen molar-refractivity contribution in [3.05, 3.63) is 99.5 Å². The molecule has 3 aromatic rings. The van der Waals surface area contributed by atoms with E-state index in [1.807, 2.05) is 12.1 Å². The first-order valence-electron chi connectivity index (χ1n) is 9.05. The number of amides is 1. The lowest BCUT2D eigenvalue weighted by Crippen LogP contribution is -2.41. The zero-order chi connectivity index (χ0) is 20.6. The van der Waals surface area contributed by atoms with Gasteiger partial charge in [-0.2, -0.15) is 0 Å². The standard InChI is InChI=1S/C23H17Cl2NO3/c24-17-9-5-15(6-10-17)14-26-20-4-2-1-3-19(20)23(29,22(26)28)13-21(27)16-7-11-18(25)12-8-16/h1-12,29H,13-14H2/t23-/m1/s1. The lowest BCUT2D eigenvalue weighted by Gasteiger charge is -2.23. The number of hydrogen-bond donors (Lipinski definition) is 1. The molecule has 0 saturated carbocycles. The minimum Gasteiger partial charge on any atom is -0.375 e. The smallest absolute Gasteiger partial charge is 0.264 e. The van der Waals surface area contributed by atoms with Crippen LogP contribution in [0.4, 0.5) is 5.69 Å². The van der Waals surface area contributed by atoms with Crippen molar-refractivity contribution < 1.29 is 14.7 Å². The molecule has 1 N–H and O–H groups in total. The molecule has 4 nitrogen and oxygen atoms in total. The van der Waals surface area contributed by atoms with Gasteiger partial charge in [-0.25, -0.2) is 0 Å². The molecule has 1 aliphatic rings. The number of nitrogens with zero attached hydrogens (tertiary/aromatic N) is 1. The second-order valence-electron chi connectivity index (χ2n) is 7.00. The Morgan fingerprint density at radius 2 is 1.48 bits per heavy atom.